The highest BCUT2D eigenvalue weighted by Crippen LogP contribution is 2.40. The molecule has 0 atom stereocenters. The standard InChI is InChI=1S/C22H15BrO4/c1-12-18-17(27-22(25)19(12)21(24)26-2)11-10-16(23)20(18)15-9-5-7-13-6-3-4-8-14(13)15/h3-11H,1-2H3. The van der Waals surface area contributed by atoms with Gasteiger partial charge in [-0.15, -0.1) is 0 Å². The van der Waals surface area contributed by atoms with Crippen molar-refractivity contribution in [1.29, 1.82) is 0 Å². The molecule has 0 N–H and O–H groups in total. The Hall–Kier alpha value is -2.92. The number of methoxy groups -OCH3 is 1. The second-order valence-electron chi connectivity index (χ2n) is 6.20. The minimum absolute atomic E-state index is 0.0791. The summed E-state index contributed by atoms with van der Waals surface area (Å²) in [6.45, 7) is 1.74. The number of ether oxygens (including phenoxy) is 1. The van der Waals surface area contributed by atoms with E-state index >= 15 is 0 Å². The fourth-order valence-corrected chi connectivity index (χ4v) is 4.03. The molecule has 4 aromatic rings. The van der Waals surface area contributed by atoms with E-state index in [0.717, 1.165) is 26.4 Å². The molecule has 0 fully saturated rings. The number of hydrogen-bond donors (Lipinski definition) is 0. The van der Waals surface area contributed by atoms with Crippen molar-refractivity contribution in [2.45, 2.75) is 6.92 Å². The summed E-state index contributed by atoms with van der Waals surface area (Å²) >= 11 is 3.64. The molecule has 0 aliphatic rings. The molecule has 0 radical (unpaired) electrons. The highest BCUT2D eigenvalue weighted by Gasteiger charge is 2.22. The molecule has 27 heavy (non-hydrogen) atoms. The van der Waals surface area contributed by atoms with E-state index in [1.165, 1.54) is 7.11 Å². The molecular weight excluding hydrogens is 408 g/mol. The molecule has 0 saturated heterocycles. The monoisotopic (exact) mass is 422 g/mol. The van der Waals surface area contributed by atoms with Crippen LogP contribution in [0.25, 0.3) is 32.9 Å². The van der Waals surface area contributed by atoms with Crippen molar-refractivity contribution < 1.29 is 13.9 Å². The molecule has 0 aliphatic heterocycles. The predicted octanol–water partition coefficient (Wildman–Crippen LogP) is 5.47. The molecule has 0 saturated carbocycles. The second kappa shape index (κ2) is 6.67. The molecule has 134 valence electrons. The van der Waals surface area contributed by atoms with Gasteiger partial charge in [0.2, 0.25) is 0 Å². The largest absolute Gasteiger partial charge is 0.465 e. The number of esters is 1. The summed E-state index contributed by atoms with van der Waals surface area (Å²) < 4.78 is 11.1. The van der Waals surface area contributed by atoms with Gasteiger partial charge < -0.3 is 9.15 Å². The van der Waals surface area contributed by atoms with E-state index in [2.05, 4.69) is 15.9 Å². The van der Waals surface area contributed by atoms with Crippen LogP contribution in [0, 0.1) is 6.92 Å². The third kappa shape index (κ3) is 2.75. The predicted molar refractivity (Wildman–Crippen MR) is 109 cm³/mol. The summed E-state index contributed by atoms with van der Waals surface area (Å²) in [5.41, 5.74) is 2.05. The normalized spacial score (nSPS) is 11.1. The van der Waals surface area contributed by atoms with Gasteiger partial charge in [0.15, 0.2) is 0 Å². The number of carbonyl (C=O) groups is 1. The molecule has 0 unspecified atom stereocenters. The molecular formula is C22H15BrO4. The molecule has 0 bridgehead atoms. The van der Waals surface area contributed by atoms with Crippen LogP contribution in [0.4, 0.5) is 0 Å². The van der Waals surface area contributed by atoms with Gasteiger partial charge in [-0.25, -0.2) is 9.59 Å². The first-order chi connectivity index (χ1) is 13.0. The third-order valence-corrected chi connectivity index (χ3v) is 5.38. The van der Waals surface area contributed by atoms with Crippen LogP contribution in [0.2, 0.25) is 0 Å². The molecule has 3 aromatic carbocycles. The zero-order valence-electron chi connectivity index (χ0n) is 14.7. The zero-order valence-corrected chi connectivity index (χ0v) is 16.3. The van der Waals surface area contributed by atoms with Crippen LogP contribution in [-0.2, 0) is 4.74 Å². The topological polar surface area (TPSA) is 56.5 Å². The Morgan fingerprint density at radius 2 is 1.78 bits per heavy atom. The Morgan fingerprint density at radius 3 is 2.56 bits per heavy atom. The third-order valence-electron chi connectivity index (χ3n) is 4.72. The maximum Gasteiger partial charge on any atom is 0.351 e. The number of benzene rings is 3. The Balaban J connectivity index is 2.19. The van der Waals surface area contributed by atoms with Gasteiger partial charge in [0.1, 0.15) is 11.1 Å². The Labute approximate surface area is 163 Å². The van der Waals surface area contributed by atoms with Gasteiger partial charge in [0, 0.05) is 15.4 Å². The van der Waals surface area contributed by atoms with Crippen LogP contribution in [-0.4, -0.2) is 13.1 Å². The van der Waals surface area contributed by atoms with Crippen molar-refractivity contribution in [2.24, 2.45) is 0 Å². The van der Waals surface area contributed by atoms with Crippen LogP contribution < -0.4 is 5.63 Å². The Kier molecular flexibility index (Phi) is 4.32. The minimum atomic E-state index is -0.702. The minimum Gasteiger partial charge on any atom is -0.465 e. The fraction of sp³-hybridized carbons (Fsp3) is 0.0909. The van der Waals surface area contributed by atoms with Crippen molar-refractivity contribution >= 4 is 43.6 Å². The van der Waals surface area contributed by atoms with Crippen LogP contribution in [0.5, 0.6) is 0 Å². The van der Waals surface area contributed by atoms with Crippen molar-refractivity contribution in [3.8, 4) is 11.1 Å². The Morgan fingerprint density at radius 1 is 1.04 bits per heavy atom. The van der Waals surface area contributed by atoms with E-state index in [9.17, 15) is 9.59 Å². The lowest BCUT2D eigenvalue weighted by Gasteiger charge is -2.15. The van der Waals surface area contributed by atoms with Gasteiger partial charge in [0.05, 0.1) is 7.11 Å². The molecule has 0 spiro atoms. The molecule has 5 heteroatoms. The van der Waals surface area contributed by atoms with E-state index in [1.807, 2.05) is 48.5 Å². The van der Waals surface area contributed by atoms with E-state index < -0.39 is 11.6 Å². The summed E-state index contributed by atoms with van der Waals surface area (Å²) in [7, 11) is 1.25. The summed E-state index contributed by atoms with van der Waals surface area (Å²) in [5, 5.41) is 2.88. The first-order valence-corrected chi connectivity index (χ1v) is 9.14. The molecule has 1 heterocycles. The van der Waals surface area contributed by atoms with E-state index in [0.29, 0.717) is 16.5 Å². The van der Waals surface area contributed by atoms with Crippen molar-refractivity contribution in [3.63, 3.8) is 0 Å². The molecule has 0 amide bonds. The van der Waals surface area contributed by atoms with Gasteiger partial charge in [-0.05, 0) is 41.0 Å². The van der Waals surface area contributed by atoms with Crippen LogP contribution in [0.15, 0.2) is 68.3 Å². The summed E-state index contributed by atoms with van der Waals surface area (Å²) in [4.78, 5) is 24.5. The van der Waals surface area contributed by atoms with Gasteiger partial charge in [0.25, 0.3) is 0 Å². The maximum absolute atomic E-state index is 12.3. The van der Waals surface area contributed by atoms with Crippen LogP contribution in [0.1, 0.15) is 15.9 Å². The fourth-order valence-electron chi connectivity index (χ4n) is 3.49. The average Bonchev–Trinajstić information content (AvgIpc) is 2.68. The van der Waals surface area contributed by atoms with E-state index in [-0.39, 0.29) is 5.56 Å². The highest BCUT2D eigenvalue weighted by molar-refractivity contribution is 9.10. The van der Waals surface area contributed by atoms with Crippen LogP contribution >= 0.6 is 15.9 Å². The van der Waals surface area contributed by atoms with Crippen molar-refractivity contribution in [2.75, 3.05) is 7.11 Å². The average molecular weight is 423 g/mol. The quantitative estimate of drug-likeness (QED) is 0.317. The Bertz CT molecular complexity index is 1270. The van der Waals surface area contributed by atoms with E-state index in [4.69, 9.17) is 9.15 Å². The lowest BCUT2D eigenvalue weighted by molar-refractivity contribution is 0.0595. The lowest BCUT2D eigenvalue weighted by Crippen LogP contribution is -2.17. The smallest absolute Gasteiger partial charge is 0.351 e. The van der Waals surface area contributed by atoms with Crippen molar-refractivity contribution in [3.05, 3.63) is 80.6 Å². The number of hydrogen-bond acceptors (Lipinski definition) is 4. The first-order valence-electron chi connectivity index (χ1n) is 8.35. The van der Waals surface area contributed by atoms with Gasteiger partial charge in [-0.3, -0.25) is 0 Å². The lowest BCUT2D eigenvalue weighted by atomic mass is 9.93. The van der Waals surface area contributed by atoms with Crippen molar-refractivity contribution in [1.82, 2.24) is 0 Å². The number of halogens is 1. The second-order valence-corrected chi connectivity index (χ2v) is 7.06. The summed E-state index contributed by atoms with van der Waals surface area (Å²) in [5.74, 6) is -0.702. The SMILES string of the molecule is COC(=O)c1c(C)c2c(-c3cccc4ccccc34)c(Br)ccc2oc1=O. The van der Waals surface area contributed by atoms with E-state index in [1.54, 1.807) is 13.0 Å². The maximum atomic E-state index is 12.3. The molecule has 4 nitrogen and oxygen atoms in total. The number of carbonyl (C=O) groups excluding carboxylic acids is 1. The number of fused-ring (bicyclic) bond motifs is 2. The highest BCUT2D eigenvalue weighted by atomic mass is 79.9. The summed E-state index contributed by atoms with van der Waals surface area (Å²) in [6.07, 6.45) is 0. The molecule has 1 aromatic heterocycles. The molecule has 0 aliphatic carbocycles. The number of aryl methyl sites for hydroxylation is 1. The van der Waals surface area contributed by atoms with Crippen LogP contribution in [0.3, 0.4) is 0 Å². The van der Waals surface area contributed by atoms with Gasteiger partial charge >= 0.3 is 11.6 Å². The van der Waals surface area contributed by atoms with Gasteiger partial charge in [-0.1, -0.05) is 58.4 Å². The first kappa shape index (κ1) is 17.5. The zero-order chi connectivity index (χ0) is 19.1. The summed E-state index contributed by atoms with van der Waals surface area (Å²) in [6, 6.07) is 17.7. The van der Waals surface area contributed by atoms with Gasteiger partial charge in [-0.2, -0.15) is 0 Å². The number of rotatable bonds is 2. The molecule has 4 rings (SSSR count).